The maximum atomic E-state index is 11.3. The lowest BCUT2D eigenvalue weighted by Crippen LogP contribution is -2.61. The van der Waals surface area contributed by atoms with Crippen molar-refractivity contribution in [2.45, 2.75) is 6.04 Å². The number of carboxylic acids is 1. The molecular formula is C10H10N2O3. The summed E-state index contributed by atoms with van der Waals surface area (Å²) in [5, 5.41) is 8.77. The molecule has 0 saturated carbocycles. The number of rotatable bonds is 2. The number of hydrogen-bond acceptors (Lipinski definition) is 3. The standard InChI is InChI=1S/C10H10N2O3/c11-8-5-12(9(8)13)7-3-1-2-6(4-7)10(14)15/h1-4,8H,5,11H2,(H,14,15). The third-order valence-electron chi connectivity index (χ3n) is 2.37. The minimum Gasteiger partial charge on any atom is -0.478 e. The predicted octanol–water partition coefficient (Wildman–Crippen LogP) is 0.0587. The monoisotopic (exact) mass is 206 g/mol. The molecule has 3 N–H and O–H groups in total. The van der Waals surface area contributed by atoms with E-state index in [4.69, 9.17) is 10.8 Å². The molecule has 1 aromatic rings. The van der Waals surface area contributed by atoms with Crippen LogP contribution < -0.4 is 10.6 Å². The maximum Gasteiger partial charge on any atom is 0.335 e. The molecule has 78 valence electrons. The van der Waals surface area contributed by atoms with Crippen molar-refractivity contribution in [2.75, 3.05) is 11.4 Å². The van der Waals surface area contributed by atoms with Crippen molar-refractivity contribution >= 4 is 17.6 Å². The van der Waals surface area contributed by atoms with E-state index in [1.807, 2.05) is 0 Å². The van der Waals surface area contributed by atoms with Gasteiger partial charge in [0.15, 0.2) is 0 Å². The number of hydrogen-bond donors (Lipinski definition) is 2. The maximum absolute atomic E-state index is 11.3. The molecule has 1 aromatic carbocycles. The van der Waals surface area contributed by atoms with Gasteiger partial charge in [0.1, 0.15) is 6.04 Å². The number of anilines is 1. The first-order valence-electron chi connectivity index (χ1n) is 4.50. The number of benzene rings is 1. The molecule has 0 spiro atoms. The van der Waals surface area contributed by atoms with Gasteiger partial charge in [0.2, 0.25) is 5.91 Å². The number of carbonyl (C=O) groups excluding carboxylic acids is 1. The van der Waals surface area contributed by atoms with Crippen LogP contribution in [0.3, 0.4) is 0 Å². The van der Waals surface area contributed by atoms with E-state index in [2.05, 4.69) is 0 Å². The van der Waals surface area contributed by atoms with Crippen molar-refractivity contribution in [2.24, 2.45) is 5.73 Å². The Labute approximate surface area is 86.1 Å². The van der Waals surface area contributed by atoms with Crippen LogP contribution in [-0.4, -0.2) is 29.6 Å². The fourth-order valence-electron chi connectivity index (χ4n) is 1.49. The quantitative estimate of drug-likeness (QED) is 0.670. The van der Waals surface area contributed by atoms with Gasteiger partial charge in [0.25, 0.3) is 0 Å². The summed E-state index contributed by atoms with van der Waals surface area (Å²) in [7, 11) is 0. The van der Waals surface area contributed by atoms with Gasteiger partial charge >= 0.3 is 5.97 Å². The minimum absolute atomic E-state index is 0.167. The summed E-state index contributed by atoms with van der Waals surface area (Å²) in [5.74, 6) is -1.17. The Balaban J connectivity index is 2.26. The lowest BCUT2D eigenvalue weighted by molar-refractivity contribution is -0.123. The van der Waals surface area contributed by atoms with E-state index in [1.165, 1.54) is 17.0 Å². The van der Waals surface area contributed by atoms with Crippen LogP contribution in [0.25, 0.3) is 0 Å². The Kier molecular flexibility index (Phi) is 2.17. The highest BCUT2D eigenvalue weighted by molar-refractivity contribution is 6.04. The van der Waals surface area contributed by atoms with E-state index in [-0.39, 0.29) is 11.5 Å². The van der Waals surface area contributed by atoms with Gasteiger partial charge in [-0.2, -0.15) is 0 Å². The molecule has 15 heavy (non-hydrogen) atoms. The lowest BCUT2D eigenvalue weighted by Gasteiger charge is -2.36. The molecule has 0 aliphatic carbocycles. The summed E-state index contributed by atoms with van der Waals surface area (Å²) in [6.45, 7) is 0.446. The van der Waals surface area contributed by atoms with E-state index in [0.29, 0.717) is 12.2 Å². The highest BCUT2D eigenvalue weighted by Gasteiger charge is 2.34. The first kappa shape index (κ1) is 9.67. The summed E-state index contributed by atoms with van der Waals surface area (Å²) in [4.78, 5) is 23.5. The van der Waals surface area contributed by atoms with Gasteiger partial charge in [0, 0.05) is 5.69 Å². The second kappa shape index (κ2) is 3.36. The van der Waals surface area contributed by atoms with Gasteiger partial charge in [-0.1, -0.05) is 6.07 Å². The molecular weight excluding hydrogens is 196 g/mol. The Morgan fingerprint density at radius 2 is 2.27 bits per heavy atom. The zero-order chi connectivity index (χ0) is 11.0. The Hall–Kier alpha value is -1.88. The molecule has 1 aliphatic rings. The van der Waals surface area contributed by atoms with Crippen LogP contribution in [0.1, 0.15) is 10.4 Å². The number of amides is 1. The molecule has 1 unspecified atom stereocenters. The molecule has 0 aromatic heterocycles. The molecule has 5 heteroatoms. The highest BCUT2D eigenvalue weighted by atomic mass is 16.4. The van der Waals surface area contributed by atoms with Crippen molar-refractivity contribution in [1.29, 1.82) is 0 Å². The van der Waals surface area contributed by atoms with Crippen molar-refractivity contribution in [3.05, 3.63) is 29.8 Å². The lowest BCUT2D eigenvalue weighted by atomic mass is 10.1. The summed E-state index contributed by atoms with van der Waals surface area (Å²) >= 11 is 0. The molecule has 1 saturated heterocycles. The van der Waals surface area contributed by atoms with E-state index in [0.717, 1.165) is 0 Å². The second-order valence-electron chi connectivity index (χ2n) is 3.41. The molecule has 1 heterocycles. The van der Waals surface area contributed by atoms with E-state index < -0.39 is 12.0 Å². The number of β-lactam (4-membered cyclic amide) rings is 1. The van der Waals surface area contributed by atoms with Crippen LogP contribution in [0.15, 0.2) is 24.3 Å². The number of carbonyl (C=O) groups is 2. The van der Waals surface area contributed by atoms with Crippen LogP contribution in [-0.2, 0) is 4.79 Å². The van der Waals surface area contributed by atoms with Crippen molar-refractivity contribution in [3.63, 3.8) is 0 Å². The van der Waals surface area contributed by atoms with E-state index in [9.17, 15) is 9.59 Å². The van der Waals surface area contributed by atoms with Crippen LogP contribution in [0, 0.1) is 0 Å². The minimum atomic E-state index is -1.01. The van der Waals surface area contributed by atoms with Crippen molar-refractivity contribution in [1.82, 2.24) is 0 Å². The SMILES string of the molecule is NC1CN(c2cccc(C(=O)O)c2)C1=O. The summed E-state index contributed by atoms with van der Waals surface area (Å²) in [5.41, 5.74) is 6.19. The van der Waals surface area contributed by atoms with Crippen molar-refractivity contribution in [3.8, 4) is 0 Å². The zero-order valence-corrected chi connectivity index (χ0v) is 7.88. The predicted molar refractivity (Wildman–Crippen MR) is 53.7 cm³/mol. The average molecular weight is 206 g/mol. The number of nitrogens with zero attached hydrogens (tertiary/aromatic N) is 1. The third-order valence-corrected chi connectivity index (χ3v) is 2.37. The van der Waals surface area contributed by atoms with E-state index in [1.54, 1.807) is 12.1 Å². The normalized spacial score (nSPS) is 19.9. The molecule has 2 rings (SSSR count). The Morgan fingerprint density at radius 1 is 1.53 bits per heavy atom. The summed E-state index contributed by atoms with van der Waals surface area (Å²) in [6, 6.07) is 5.80. The van der Waals surface area contributed by atoms with E-state index >= 15 is 0 Å². The molecule has 1 fully saturated rings. The Morgan fingerprint density at radius 3 is 2.80 bits per heavy atom. The molecule has 1 amide bonds. The average Bonchev–Trinajstić information content (AvgIpc) is 2.25. The third kappa shape index (κ3) is 1.57. The zero-order valence-electron chi connectivity index (χ0n) is 7.88. The molecule has 5 nitrogen and oxygen atoms in total. The number of aromatic carboxylic acids is 1. The fourth-order valence-corrected chi connectivity index (χ4v) is 1.49. The van der Waals surface area contributed by atoms with Gasteiger partial charge in [-0.3, -0.25) is 4.79 Å². The van der Waals surface area contributed by atoms with Crippen LogP contribution in [0.4, 0.5) is 5.69 Å². The highest BCUT2D eigenvalue weighted by Crippen LogP contribution is 2.22. The topological polar surface area (TPSA) is 83.6 Å². The number of nitrogens with two attached hydrogens (primary N) is 1. The van der Waals surface area contributed by atoms with Crippen molar-refractivity contribution < 1.29 is 14.7 Å². The van der Waals surface area contributed by atoms with Gasteiger partial charge in [-0.05, 0) is 18.2 Å². The van der Waals surface area contributed by atoms with Gasteiger partial charge in [0.05, 0.1) is 12.1 Å². The summed E-state index contributed by atoms with van der Waals surface area (Å²) in [6.07, 6.45) is 0. The number of carboxylic acid groups (broad SMARTS) is 1. The summed E-state index contributed by atoms with van der Waals surface area (Å²) < 4.78 is 0. The van der Waals surface area contributed by atoms with Crippen LogP contribution in [0.5, 0.6) is 0 Å². The molecule has 0 radical (unpaired) electrons. The van der Waals surface area contributed by atoms with Crippen LogP contribution >= 0.6 is 0 Å². The van der Waals surface area contributed by atoms with Crippen LogP contribution in [0.2, 0.25) is 0 Å². The van der Waals surface area contributed by atoms with Gasteiger partial charge in [-0.15, -0.1) is 0 Å². The van der Waals surface area contributed by atoms with Gasteiger partial charge in [-0.25, -0.2) is 4.79 Å². The molecule has 1 aliphatic heterocycles. The second-order valence-corrected chi connectivity index (χ2v) is 3.41. The van der Waals surface area contributed by atoms with Gasteiger partial charge < -0.3 is 15.7 Å². The fraction of sp³-hybridized carbons (Fsp3) is 0.200. The molecule has 0 bridgehead atoms. The first-order chi connectivity index (χ1) is 7.09. The Bertz CT molecular complexity index is 430. The smallest absolute Gasteiger partial charge is 0.335 e. The largest absolute Gasteiger partial charge is 0.478 e. The molecule has 1 atom stereocenters. The first-order valence-corrected chi connectivity index (χ1v) is 4.50.